The SMILES string of the molecule is CC/C=C/C=C/C=C\C=C/CCCCCC(=O)OC(CCCCC/C=C/CCCCCCCCC)CC(=O)NC(CO)C(O)CCCCCCCCCCCCCCC. The molecule has 3 unspecified atom stereocenters. The molecule has 0 bridgehead atoms. The van der Waals surface area contributed by atoms with Crippen molar-refractivity contribution in [2.45, 2.75) is 257 Å². The smallest absolute Gasteiger partial charge is 0.306 e. The Morgan fingerprint density at radius 3 is 1.46 bits per heavy atom. The van der Waals surface area contributed by atoms with Crippen LogP contribution in [0.5, 0.6) is 0 Å². The van der Waals surface area contributed by atoms with Crippen molar-refractivity contribution in [3.8, 4) is 0 Å². The number of ether oxygens (including phenoxy) is 1. The molecule has 0 aliphatic carbocycles. The maximum Gasteiger partial charge on any atom is 0.306 e. The van der Waals surface area contributed by atoms with E-state index in [0.29, 0.717) is 19.3 Å². The number of carbonyl (C=O) groups excluding carboxylic acids is 2. The summed E-state index contributed by atoms with van der Waals surface area (Å²) in [6.45, 7) is 6.32. The Labute approximate surface area is 365 Å². The van der Waals surface area contributed by atoms with Crippen LogP contribution in [0.25, 0.3) is 0 Å². The molecule has 0 spiro atoms. The summed E-state index contributed by atoms with van der Waals surface area (Å²) in [4.78, 5) is 26.1. The van der Waals surface area contributed by atoms with Crippen molar-refractivity contribution in [3.63, 3.8) is 0 Å². The third kappa shape index (κ3) is 42.1. The van der Waals surface area contributed by atoms with E-state index in [1.807, 2.05) is 24.3 Å². The zero-order chi connectivity index (χ0) is 43.1. The van der Waals surface area contributed by atoms with Gasteiger partial charge in [-0.15, -0.1) is 0 Å². The predicted octanol–water partition coefficient (Wildman–Crippen LogP) is 14.8. The molecule has 0 saturated carbocycles. The van der Waals surface area contributed by atoms with E-state index in [2.05, 4.69) is 62.5 Å². The number of aliphatic hydroxyl groups is 2. The fourth-order valence-corrected chi connectivity index (χ4v) is 7.38. The Hall–Kier alpha value is -2.44. The highest BCUT2D eigenvalue weighted by atomic mass is 16.5. The van der Waals surface area contributed by atoms with Crippen molar-refractivity contribution in [3.05, 3.63) is 60.8 Å². The standard InChI is InChI=1S/C53H95NO5/c1-4-7-10-13-16-19-22-25-28-29-32-35-38-41-44-49(59-53(58)46-43-40-37-34-31-27-24-21-18-15-12-9-6-3)47-52(57)54-50(48-55)51(56)45-42-39-36-33-30-26-23-20-17-14-11-8-5-2/h9,12,15,18,21,24,27-29,31,49-51,55-56H,4-8,10-11,13-14,16-17,19-20,22-23,25-26,30,32-48H2,1-3H3,(H,54,57)/b12-9+,18-15+,24-21-,29-28+,31-27-. The van der Waals surface area contributed by atoms with Crippen LogP contribution < -0.4 is 5.32 Å². The number of unbranched alkanes of at least 4 members (excludes halogenated alkanes) is 25. The van der Waals surface area contributed by atoms with Crippen LogP contribution in [0.3, 0.4) is 0 Å². The van der Waals surface area contributed by atoms with Crippen LogP contribution >= 0.6 is 0 Å². The van der Waals surface area contributed by atoms with Gasteiger partial charge in [0.2, 0.25) is 5.91 Å². The highest BCUT2D eigenvalue weighted by Gasteiger charge is 2.24. The molecule has 1 amide bonds. The largest absolute Gasteiger partial charge is 0.462 e. The minimum absolute atomic E-state index is 0.0500. The third-order valence-corrected chi connectivity index (χ3v) is 11.2. The molecular formula is C53H95NO5. The average Bonchev–Trinajstić information content (AvgIpc) is 3.23. The lowest BCUT2D eigenvalue weighted by Crippen LogP contribution is -2.46. The first-order valence-electron chi connectivity index (χ1n) is 25.1. The first kappa shape index (κ1) is 56.6. The molecule has 0 aliphatic rings. The third-order valence-electron chi connectivity index (χ3n) is 11.2. The number of hydrogen-bond donors (Lipinski definition) is 3. The van der Waals surface area contributed by atoms with Gasteiger partial charge in [-0.25, -0.2) is 0 Å². The molecule has 6 nitrogen and oxygen atoms in total. The second-order valence-corrected chi connectivity index (χ2v) is 16.9. The van der Waals surface area contributed by atoms with Crippen molar-refractivity contribution in [1.82, 2.24) is 5.32 Å². The van der Waals surface area contributed by atoms with Gasteiger partial charge in [-0.1, -0.05) is 216 Å². The topological polar surface area (TPSA) is 95.9 Å². The Kier molecular flexibility index (Phi) is 44.7. The Bertz CT molecular complexity index is 1060. The maximum absolute atomic E-state index is 13.2. The number of nitrogens with one attached hydrogen (secondary N) is 1. The minimum atomic E-state index is -0.799. The fourth-order valence-electron chi connectivity index (χ4n) is 7.38. The molecule has 0 radical (unpaired) electrons. The summed E-state index contributed by atoms with van der Waals surface area (Å²) in [6, 6.07) is -0.715. The molecule has 0 aromatic rings. The van der Waals surface area contributed by atoms with E-state index >= 15 is 0 Å². The van der Waals surface area contributed by atoms with E-state index in [0.717, 1.165) is 83.5 Å². The van der Waals surface area contributed by atoms with Crippen molar-refractivity contribution in [1.29, 1.82) is 0 Å². The number of carbonyl (C=O) groups is 2. The first-order valence-corrected chi connectivity index (χ1v) is 25.1. The lowest BCUT2D eigenvalue weighted by atomic mass is 10.0. The predicted molar refractivity (Wildman–Crippen MR) is 255 cm³/mol. The van der Waals surface area contributed by atoms with Crippen LogP contribution in [0.1, 0.15) is 239 Å². The van der Waals surface area contributed by atoms with Crippen molar-refractivity contribution < 1.29 is 24.5 Å². The van der Waals surface area contributed by atoms with Gasteiger partial charge < -0.3 is 20.3 Å². The molecule has 0 fully saturated rings. The number of rotatable bonds is 44. The lowest BCUT2D eigenvalue weighted by Gasteiger charge is -2.24. The summed E-state index contributed by atoms with van der Waals surface area (Å²) >= 11 is 0. The molecule has 0 saturated heterocycles. The summed E-state index contributed by atoms with van der Waals surface area (Å²) in [7, 11) is 0. The maximum atomic E-state index is 13.2. The number of amides is 1. The molecule has 0 heterocycles. The number of esters is 1. The molecule has 0 rings (SSSR count). The van der Waals surface area contributed by atoms with Crippen LogP contribution in [0.4, 0.5) is 0 Å². The second kappa shape index (κ2) is 46.6. The van der Waals surface area contributed by atoms with Gasteiger partial charge >= 0.3 is 5.97 Å². The fraction of sp³-hybridized carbons (Fsp3) is 0.774. The van der Waals surface area contributed by atoms with Gasteiger partial charge in [-0.05, 0) is 70.6 Å². The molecule has 342 valence electrons. The van der Waals surface area contributed by atoms with Crippen LogP contribution in [0, 0.1) is 0 Å². The van der Waals surface area contributed by atoms with E-state index in [1.165, 1.54) is 109 Å². The monoisotopic (exact) mass is 826 g/mol. The van der Waals surface area contributed by atoms with Gasteiger partial charge in [-0.3, -0.25) is 9.59 Å². The minimum Gasteiger partial charge on any atom is -0.462 e. The molecule has 6 heteroatoms. The summed E-state index contributed by atoms with van der Waals surface area (Å²) in [5.74, 6) is -0.534. The Morgan fingerprint density at radius 1 is 0.508 bits per heavy atom. The second-order valence-electron chi connectivity index (χ2n) is 16.9. The highest BCUT2D eigenvalue weighted by Crippen LogP contribution is 2.17. The van der Waals surface area contributed by atoms with Gasteiger partial charge in [0.15, 0.2) is 0 Å². The average molecular weight is 826 g/mol. The molecule has 59 heavy (non-hydrogen) atoms. The summed E-state index contributed by atoms with van der Waals surface area (Å²) in [6.07, 6.45) is 57.1. The van der Waals surface area contributed by atoms with Crippen molar-refractivity contribution in [2.24, 2.45) is 0 Å². The Balaban J connectivity index is 4.67. The highest BCUT2D eigenvalue weighted by molar-refractivity contribution is 5.77. The van der Waals surface area contributed by atoms with Gasteiger partial charge in [-0.2, -0.15) is 0 Å². The van der Waals surface area contributed by atoms with E-state index < -0.39 is 18.2 Å². The molecule has 0 aromatic heterocycles. The molecule has 0 aromatic carbocycles. The molecule has 3 atom stereocenters. The van der Waals surface area contributed by atoms with Crippen molar-refractivity contribution >= 4 is 11.9 Å². The van der Waals surface area contributed by atoms with Crippen molar-refractivity contribution in [2.75, 3.05) is 6.61 Å². The Morgan fingerprint density at radius 2 is 0.932 bits per heavy atom. The number of allylic oxidation sites excluding steroid dienone is 10. The van der Waals surface area contributed by atoms with Gasteiger partial charge in [0.05, 0.1) is 25.2 Å². The van der Waals surface area contributed by atoms with E-state index in [4.69, 9.17) is 4.74 Å². The normalized spacial score (nSPS) is 13.8. The van der Waals surface area contributed by atoms with Gasteiger partial charge in [0, 0.05) is 6.42 Å². The van der Waals surface area contributed by atoms with E-state index in [9.17, 15) is 19.8 Å². The first-order chi connectivity index (χ1) is 29.0. The van der Waals surface area contributed by atoms with E-state index in [-0.39, 0.29) is 24.9 Å². The van der Waals surface area contributed by atoms with Crippen LogP contribution in [0.15, 0.2) is 60.8 Å². The van der Waals surface area contributed by atoms with E-state index in [1.54, 1.807) is 0 Å². The summed E-state index contributed by atoms with van der Waals surface area (Å²) < 4.78 is 5.90. The van der Waals surface area contributed by atoms with Gasteiger partial charge in [0.1, 0.15) is 6.10 Å². The summed E-state index contributed by atoms with van der Waals surface area (Å²) in [5, 5.41) is 23.7. The molecular weight excluding hydrogens is 731 g/mol. The van der Waals surface area contributed by atoms with Crippen LogP contribution in [-0.2, 0) is 14.3 Å². The summed E-state index contributed by atoms with van der Waals surface area (Å²) in [5.41, 5.74) is 0. The van der Waals surface area contributed by atoms with Crippen LogP contribution in [0.2, 0.25) is 0 Å². The van der Waals surface area contributed by atoms with Gasteiger partial charge in [0.25, 0.3) is 0 Å². The van der Waals surface area contributed by atoms with Crippen LogP contribution in [-0.4, -0.2) is 46.9 Å². The lowest BCUT2D eigenvalue weighted by molar-refractivity contribution is -0.151. The molecule has 0 aliphatic heterocycles. The molecule has 3 N–H and O–H groups in total. The number of hydrogen-bond acceptors (Lipinski definition) is 5. The zero-order valence-electron chi connectivity index (χ0n) is 38.9. The quantitative estimate of drug-likeness (QED) is 0.0246. The zero-order valence-corrected chi connectivity index (χ0v) is 38.9. The number of aliphatic hydroxyl groups excluding tert-OH is 2.